The van der Waals surface area contributed by atoms with Crippen LogP contribution in [0.5, 0.6) is 0 Å². The van der Waals surface area contributed by atoms with Crippen molar-refractivity contribution in [3.05, 3.63) is 0 Å². The van der Waals surface area contributed by atoms with Gasteiger partial charge in [0.2, 0.25) is 0 Å². The van der Waals surface area contributed by atoms with Crippen LogP contribution in [0.4, 0.5) is 0 Å². The summed E-state index contributed by atoms with van der Waals surface area (Å²) in [6, 6.07) is 0. The van der Waals surface area contributed by atoms with Gasteiger partial charge in [0.1, 0.15) is 0 Å². The van der Waals surface area contributed by atoms with Gasteiger partial charge >= 0.3 is 0 Å². The van der Waals surface area contributed by atoms with E-state index in [4.69, 9.17) is 4.74 Å². The van der Waals surface area contributed by atoms with E-state index in [1.54, 1.807) is 14.1 Å². The first-order chi connectivity index (χ1) is 13.1. The molecule has 1 rings (SSSR count). The minimum Gasteiger partial charge on any atom is -0.351 e. The molecule has 0 aromatic heterocycles. The maximum Gasteiger partial charge on any atom is 0.254 e. The molecular formula is C23H43NO3. The Morgan fingerprint density at radius 3 is 1.48 bits per heavy atom. The van der Waals surface area contributed by atoms with Crippen LogP contribution in [0.2, 0.25) is 0 Å². The topological polar surface area (TPSA) is 49.9 Å². The first-order valence-corrected chi connectivity index (χ1v) is 11.5. The molecule has 1 amide bonds. The summed E-state index contributed by atoms with van der Waals surface area (Å²) in [4.78, 5) is 25.2. The lowest BCUT2D eigenvalue weighted by atomic mass is 10.0. The molecule has 1 saturated heterocycles. The van der Waals surface area contributed by atoms with E-state index < -0.39 is 12.2 Å². The van der Waals surface area contributed by atoms with Crippen LogP contribution >= 0.6 is 0 Å². The van der Waals surface area contributed by atoms with Gasteiger partial charge in [0.25, 0.3) is 5.91 Å². The van der Waals surface area contributed by atoms with Crippen molar-refractivity contribution in [2.45, 2.75) is 122 Å². The van der Waals surface area contributed by atoms with E-state index in [0.717, 1.165) is 12.8 Å². The molecule has 0 saturated carbocycles. The third kappa shape index (κ3) is 11.5. The quantitative estimate of drug-likeness (QED) is 0.227. The van der Waals surface area contributed by atoms with Gasteiger partial charge in [0.15, 0.2) is 18.0 Å². The summed E-state index contributed by atoms with van der Waals surface area (Å²) >= 11 is 0. The summed E-state index contributed by atoms with van der Waals surface area (Å²) in [5.74, 6) is 0.00902. The fourth-order valence-corrected chi connectivity index (χ4v) is 3.61. The van der Waals surface area contributed by atoms with Crippen LogP contribution in [0.25, 0.3) is 0 Å². The van der Waals surface area contributed by atoms with Crippen LogP contribution in [-0.4, -0.2) is 42.9 Å². The van der Waals surface area contributed by atoms with Crippen molar-refractivity contribution < 1.29 is 14.3 Å². The smallest absolute Gasteiger partial charge is 0.254 e. The number of hydrogen-bond acceptors (Lipinski definition) is 3. The van der Waals surface area contributed by atoms with Crippen LogP contribution in [0.15, 0.2) is 0 Å². The molecule has 0 spiro atoms. The van der Waals surface area contributed by atoms with Crippen LogP contribution in [-0.2, 0) is 14.3 Å². The molecule has 0 aliphatic carbocycles. The number of nitrogens with zero attached hydrogens (tertiary/aromatic N) is 1. The van der Waals surface area contributed by atoms with Crippen LogP contribution in [0, 0.1) is 0 Å². The second kappa shape index (κ2) is 15.1. The Morgan fingerprint density at radius 1 is 0.667 bits per heavy atom. The minimum atomic E-state index is -0.510. The summed E-state index contributed by atoms with van der Waals surface area (Å²) in [6.07, 6.45) is 19.4. The van der Waals surface area contributed by atoms with Gasteiger partial charge < -0.3 is 9.64 Å². The second-order valence-electron chi connectivity index (χ2n) is 8.38. The predicted molar refractivity (Wildman–Crippen MR) is 112 cm³/mol. The van der Waals surface area contributed by atoms with Crippen molar-refractivity contribution in [3.63, 3.8) is 0 Å². The lowest BCUT2D eigenvalue weighted by Gasteiger charge is -2.06. The SMILES string of the molecule is CCCCCCCCCCCCCCCCCC(=O)[C@@H]1O[C@@H]1C(=O)N(C)C. The number of ketones is 1. The monoisotopic (exact) mass is 381 g/mol. The van der Waals surface area contributed by atoms with Crippen molar-refractivity contribution in [2.24, 2.45) is 0 Å². The number of rotatable bonds is 18. The van der Waals surface area contributed by atoms with Gasteiger partial charge in [-0.3, -0.25) is 9.59 Å². The molecule has 4 nitrogen and oxygen atoms in total. The Bertz CT molecular complexity index is 408. The standard InChI is InChI=1S/C23H43NO3/c1-4-5-6-7-8-9-10-11-12-13-14-15-16-17-18-19-20(25)21-22(27-21)23(26)24(2)3/h21-22H,4-19H2,1-3H3/t21-,22-/m0/s1. The maximum absolute atomic E-state index is 12.0. The highest BCUT2D eigenvalue weighted by Crippen LogP contribution is 2.26. The van der Waals surface area contributed by atoms with Gasteiger partial charge in [-0.15, -0.1) is 0 Å². The van der Waals surface area contributed by atoms with Gasteiger partial charge in [0.05, 0.1) is 0 Å². The Morgan fingerprint density at radius 2 is 1.07 bits per heavy atom. The number of epoxide rings is 1. The highest BCUT2D eigenvalue weighted by molar-refractivity contribution is 5.95. The number of carbonyl (C=O) groups excluding carboxylic acids is 2. The molecule has 0 N–H and O–H groups in total. The third-order valence-electron chi connectivity index (χ3n) is 5.52. The van der Waals surface area contributed by atoms with Crippen molar-refractivity contribution in [3.8, 4) is 0 Å². The second-order valence-corrected chi connectivity index (χ2v) is 8.38. The molecule has 1 aliphatic rings. The molecule has 0 radical (unpaired) electrons. The average molecular weight is 382 g/mol. The van der Waals surface area contributed by atoms with Crippen molar-refractivity contribution in [1.82, 2.24) is 4.90 Å². The molecule has 1 fully saturated rings. The van der Waals surface area contributed by atoms with E-state index in [1.165, 1.54) is 88.4 Å². The van der Waals surface area contributed by atoms with E-state index in [9.17, 15) is 9.59 Å². The molecule has 27 heavy (non-hydrogen) atoms. The Labute approximate surface area is 167 Å². The fourth-order valence-electron chi connectivity index (χ4n) is 3.61. The molecule has 0 unspecified atom stereocenters. The van der Waals surface area contributed by atoms with Crippen molar-refractivity contribution >= 4 is 11.7 Å². The Kier molecular flexibility index (Phi) is 13.5. The molecule has 158 valence electrons. The van der Waals surface area contributed by atoms with Crippen molar-refractivity contribution in [1.29, 1.82) is 0 Å². The number of ether oxygens (including phenoxy) is 1. The molecule has 0 aromatic carbocycles. The lowest BCUT2D eigenvalue weighted by molar-refractivity contribution is -0.130. The summed E-state index contributed by atoms with van der Waals surface area (Å²) in [5.41, 5.74) is 0. The molecule has 4 heteroatoms. The lowest BCUT2D eigenvalue weighted by Crippen LogP contribution is -2.29. The predicted octanol–water partition coefficient (Wildman–Crippen LogP) is 5.67. The zero-order chi connectivity index (χ0) is 19.9. The normalized spacial score (nSPS) is 18.5. The number of hydrogen-bond donors (Lipinski definition) is 0. The first kappa shape index (κ1) is 24.1. The Balaban J connectivity index is 1.80. The van der Waals surface area contributed by atoms with E-state index in [-0.39, 0.29) is 11.7 Å². The number of Topliss-reactive ketones (excluding diaryl/α,β-unsaturated/α-hetero) is 1. The molecule has 0 aromatic rings. The number of amides is 1. The average Bonchev–Trinajstić information content (AvgIpc) is 3.44. The van der Waals surface area contributed by atoms with Gasteiger partial charge in [-0.05, 0) is 6.42 Å². The molecule has 1 heterocycles. The Hall–Kier alpha value is -0.900. The molecule has 2 atom stereocenters. The molecule has 0 bridgehead atoms. The number of likely N-dealkylation sites (N-methyl/N-ethyl adjacent to an activating group) is 1. The summed E-state index contributed by atoms with van der Waals surface area (Å²) in [6.45, 7) is 2.27. The third-order valence-corrected chi connectivity index (χ3v) is 5.52. The molecule has 1 aliphatic heterocycles. The highest BCUT2D eigenvalue weighted by Gasteiger charge is 2.49. The van der Waals surface area contributed by atoms with E-state index in [1.807, 2.05) is 0 Å². The van der Waals surface area contributed by atoms with Crippen LogP contribution < -0.4 is 0 Å². The largest absolute Gasteiger partial charge is 0.351 e. The van der Waals surface area contributed by atoms with Gasteiger partial charge in [0, 0.05) is 20.5 Å². The van der Waals surface area contributed by atoms with E-state index in [0.29, 0.717) is 6.42 Å². The zero-order valence-corrected chi connectivity index (χ0v) is 18.1. The number of unbranched alkanes of at least 4 members (excludes halogenated alkanes) is 14. The number of carbonyl (C=O) groups is 2. The van der Waals surface area contributed by atoms with Gasteiger partial charge in [-0.2, -0.15) is 0 Å². The van der Waals surface area contributed by atoms with Crippen LogP contribution in [0.1, 0.15) is 110 Å². The summed E-state index contributed by atoms with van der Waals surface area (Å²) in [7, 11) is 3.39. The summed E-state index contributed by atoms with van der Waals surface area (Å²) in [5, 5.41) is 0. The maximum atomic E-state index is 12.0. The molecular weight excluding hydrogens is 338 g/mol. The highest BCUT2D eigenvalue weighted by atomic mass is 16.6. The van der Waals surface area contributed by atoms with Gasteiger partial charge in [-0.25, -0.2) is 0 Å². The minimum absolute atomic E-state index is 0.0927. The fraction of sp³-hybridized carbons (Fsp3) is 0.913. The summed E-state index contributed by atoms with van der Waals surface area (Å²) < 4.78 is 5.24. The van der Waals surface area contributed by atoms with Gasteiger partial charge in [-0.1, -0.05) is 96.8 Å². The van der Waals surface area contributed by atoms with E-state index >= 15 is 0 Å². The van der Waals surface area contributed by atoms with Crippen molar-refractivity contribution in [2.75, 3.05) is 14.1 Å². The zero-order valence-electron chi connectivity index (χ0n) is 18.1. The van der Waals surface area contributed by atoms with Crippen LogP contribution in [0.3, 0.4) is 0 Å². The first-order valence-electron chi connectivity index (χ1n) is 11.5. The van der Waals surface area contributed by atoms with E-state index in [2.05, 4.69) is 6.92 Å².